The molecule has 5 nitrogen and oxygen atoms in total. The highest BCUT2D eigenvalue weighted by Gasteiger charge is 2.17. The molecule has 0 aliphatic carbocycles. The quantitative estimate of drug-likeness (QED) is 0.634. The van der Waals surface area contributed by atoms with Crippen LogP contribution < -0.4 is 16.0 Å². The molecular weight excluding hydrogens is 319 g/mol. The number of amides is 1. The van der Waals surface area contributed by atoms with Crippen molar-refractivity contribution in [2.75, 3.05) is 50.7 Å². The van der Waals surface area contributed by atoms with Crippen LogP contribution in [-0.4, -0.2) is 56.6 Å². The van der Waals surface area contributed by atoms with Gasteiger partial charge in [-0.05, 0) is 43.7 Å². The maximum atomic E-state index is 13.0. The normalized spacial score (nSPS) is 15.4. The van der Waals surface area contributed by atoms with E-state index in [0.717, 1.165) is 70.6 Å². The van der Waals surface area contributed by atoms with E-state index in [2.05, 4.69) is 15.1 Å². The van der Waals surface area contributed by atoms with Crippen molar-refractivity contribution in [3.8, 4) is 0 Å². The SMILES string of the molecule is NCCCCCCC(=O)NCCN1CCN(c2ccc(F)cc2)CC1. The molecule has 1 fully saturated rings. The molecule has 140 valence electrons. The Kier molecular flexibility index (Phi) is 8.69. The molecule has 1 aromatic carbocycles. The Morgan fingerprint density at radius 2 is 1.72 bits per heavy atom. The first-order valence-corrected chi connectivity index (χ1v) is 9.38. The lowest BCUT2D eigenvalue weighted by Gasteiger charge is -2.36. The zero-order chi connectivity index (χ0) is 17.9. The van der Waals surface area contributed by atoms with E-state index in [4.69, 9.17) is 5.73 Å². The van der Waals surface area contributed by atoms with Crippen molar-refractivity contribution >= 4 is 11.6 Å². The molecule has 1 aliphatic heterocycles. The van der Waals surface area contributed by atoms with Crippen LogP contribution >= 0.6 is 0 Å². The van der Waals surface area contributed by atoms with Gasteiger partial charge < -0.3 is 16.0 Å². The van der Waals surface area contributed by atoms with Crippen LogP contribution in [-0.2, 0) is 4.79 Å². The fourth-order valence-corrected chi connectivity index (χ4v) is 3.11. The molecule has 1 aromatic rings. The van der Waals surface area contributed by atoms with Crippen LogP contribution in [0.1, 0.15) is 32.1 Å². The minimum Gasteiger partial charge on any atom is -0.369 e. The number of piperazine rings is 1. The lowest BCUT2D eigenvalue weighted by atomic mass is 10.1. The molecule has 25 heavy (non-hydrogen) atoms. The molecule has 2 rings (SSSR count). The van der Waals surface area contributed by atoms with Gasteiger partial charge in [-0.25, -0.2) is 4.39 Å². The summed E-state index contributed by atoms with van der Waals surface area (Å²) in [7, 11) is 0. The van der Waals surface area contributed by atoms with Gasteiger partial charge in [0.15, 0.2) is 0 Å². The summed E-state index contributed by atoms with van der Waals surface area (Å²) in [6, 6.07) is 6.68. The fourth-order valence-electron chi connectivity index (χ4n) is 3.11. The number of carbonyl (C=O) groups excluding carboxylic acids is 1. The van der Waals surface area contributed by atoms with E-state index >= 15 is 0 Å². The first kappa shape index (κ1) is 19.7. The maximum absolute atomic E-state index is 13.0. The van der Waals surface area contributed by atoms with Crippen molar-refractivity contribution in [3.63, 3.8) is 0 Å². The summed E-state index contributed by atoms with van der Waals surface area (Å²) in [5.74, 6) is -0.0461. The number of carbonyl (C=O) groups is 1. The van der Waals surface area contributed by atoms with Crippen LogP contribution in [0.2, 0.25) is 0 Å². The molecule has 6 heteroatoms. The van der Waals surface area contributed by atoms with Crippen LogP contribution in [0, 0.1) is 5.82 Å². The van der Waals surface area contributed by atoms with E-state index in [1.54, 1.807) is 0 Å². The highest BCUT2D eigenvalue weighted by molar-refractivity contribution is 5.75. The van der Waals surface area contributed by atoms with Crippen LogP contribution in [0.25, 0.3) is 0 Å². The summed E-state index contributed by atoms with van der Waals surface area (Å²) < 4.78 is 13.0. The molecule has 1 saturated heterocycles. The molecule has 1 aliphatic rings. The van der Waals surface area contributed by atoms with Gasteiger partial charge in [0, 0.05) is 51.4 Å². The Balaban J connectivity index is 1.55. The smallest absolute Gasteiger partial charge is 0.220 e. The second kappa shape index (κ2) is 11.1. The third-order valence-electron chi connectivity index (χ3n) is 4.67. The summed E-state index contributed by atoms with van der Waals surface area (Å²) >= 11 is 0. The lowest BCUT2D eigenvalue weighted by molar-refractivity contribution is -0.121. The van der Waals surface area contributed by atoms with Crippen LogP contribution in [0.3, 0.4) is 0 Å². The minimum atomic E-state index is -0.197. The Morgan fingerprint density at radius 3 is 2.40 bits per heavy atom. The highest BCUT2D eigenvalue weighted by Crippen LogP contribution is 2.16. The van der Waals surface area contributed by atoms with E-state index in [0.29, 0.717) is 13.0 Å². The van der Waals surface area contributed by atoms with Gasteiger partial charge in [0.2, 0.25) is 5.91 Å². The monoisotopic (exact) mass is 350 g/mol. The largest absolute Gasteiger partial charge is 0.369 e. The topological polar surface area (TPSA) is 61.6 Å². The summed E-state index contributed by atoms with van der Waals surface area (Å²) in [5, 5.41) is 3.01. The molecule has 0 aromatic heterocycles. The van der Waals surface area contributed by atoms with Crippen molar-refractivity contribution in [2.45, 2.75) is 32.1 Å². The van der Waals surface area contributed by atoms with Crippen molar-refractivity contribution in [1.29, 1.82) is 0 Å². The van der Waals surface area contributed by atoms with Gasteiger partial charge >= 0.3 is 0 Å². The van der Waals surface area contributed by atoms with Gasteiger partial charge in [-0.1, -0.05) is 12.8 Å². The average Bonchev–Trinajstić information content (AvgIpc) is 2.63. The zero-order valence-corrected chi connectivity index (χ0v) is 15.1. The molecule has 0 unspecified atom stereocenters. The van der Waals surface area contributed by atoms with Crippen LogP contribution in [0.4, 0.5) is 10.1 Å². The van der Waals surface area contributed by atoms with Crippen molar-refractivity contribution in [3.05, 3.63) is 30.1 Å². The second-order valence-corrected chi connectivity index (χ2v) is 6.61. The van der Waals surface area contributed by atoms with Gasteiger partial charge in [-0.15, -0.1) is 0 Å². The van der Waals surface area contributed by atoms with Gasteiger partial charge in [0.1, 0.15) is 5.82 Å². The molecule has 1 amide bonds. The highest BCUT2D eigenvalue weighted by atomic mass is 19.1. The van der Waals surface area contributed by atoms with Crippen molar-refractivity contribution < 1.29 is 9.18 Å². The van der Waals surface area contributed by atoms with Crippen molar-refractivity contribution in [1.82, 2.24) is 10.2 Å². The summed E-state index contributed by atoms with van der Waals surface area (Å²) in [6.07, 6.45) is 4.80. The van der Waals surface area contributed by atoms with E-state index < -0.39 is 0 Å². The van der Waals surface area contributed by atoms with Gasteiger partial charge in [0.25, 0.3) is 0 Å². The second-order valence-electron chi connectivity index (χ2n) is 6.61. The Labute approximate surface area is 150 Å². The molecule has 0 saturated carbocycles. The molecule has 0 bridgehead atoms. The predicted molar refractivity (Wildman–Crippen MR) is 100 cm³/mol. The molecule has 0 radical (unpaired) electrons. The van der Waals surface area contributed by atoms with Crippen LogP contribution in [0.5, 0.6) is 0 Å². The third-order valence-corrected chi connectivity index (χ3v) is 4.67. The number of hydrogen-bond acceptors (Lipinski definition) is 4. The molecule has 0 spiro atoms. The zero-order valence-electron chi connectivity index (χ0n) is 15.1. The molecule has 0 atom stereocenters. The van der Waals surface area contributed by atoms with Crippen molar-refractivity contribution in [2.24, 2.45) is 5.73 Å². The fraction of sp³-hybridized carbons (Fsp3) is 0.632. The van der Waals surface area contributed by atoms with Gasteiger partial charge in [-0.3, -0.25) is 9.69 Å². The first-order valence-electron chi connectivity index (χ1n) is 9.38. The summed E-state index contributed by atoms with van der Waals surface area (Å²) in [5.41, 5.74) is 6.53. The lowest BCUT2D eigenvalue weighted by Crippen LogP contribution is -2.48. The third kappa shape index (κ3) is 7.40. The van der Waals surface area contributed by atoms with E-state index in [9.17, 15) is 9.18 Å². The van der Waals surface area contributed by atoms with E-state index in [-0.39, 0.29) is 11.7 Å². The predicted octanol–water partition coefficient (Wildman–Crippen LogP) is 1.97. The minimum absolute atomic E-state index is 0.151. The Hall–Kier alpha value is -1.66. The number of nitrogens with zero attached hydrogens (tertiary/aromatic N) is 2. The number of unbranched alkanes of at least 4 members (excludes halogenated alkanes) is 3. The van der Waals surface area contributed by atoms with Crippen LogP contribution in [0.15, 0.2) is 24.3 Å². The van der Waals surface area contributed by atoms with Gasteiger partial charge in [0.05, 0.1) is 0 Å². The number of halogens is 1. The number of rotatable bonds is 10. The van der Waals surface area contributed by atoms with E-state index in [1.165, 1.54) is 12.1 Å². The number of nitrogens with two attached hydrogens (primary N) is 1. The Morgan fingerprint density at radius 1 is 1.04 bits per heavy atom. The number of benzene rings is 1. The number of anilines is 1. The number of hydrogen-bond donors (Lipinski definition) is 2. The summed E-state index contributed by atoms with van der Waals surface area (Å²) in [6.45, 7) is 6.12. The standard InChI is InChI=1S/C19H31FN4O/c20-17-6-8-18(9-7-17)24-15-13-23(14-16-24)12-11-22-19(25)5-3-1-2-4-10-21/h6-9H,1-5,10-16,21H2,(H,22,25). The average molecular weight is 350 g/mol. The molecule has 3 N–H and O–H groups in total. The van der Waals surface area contributed by atoms with E-state index in [1.807, 2.05) is 12.1 Å². The first-order chi connectivity index (χ1) is 12.2. The maximum Gasteiger partial charge on any atom is 0.220 e. The number of nitrogens with one attached hydrogen (secondary N) is 1. The Bertz CT molecular complexity index is 501. The molecular formula is C19H31FN4O. The molecule has 1 heterocycles. The van der Waals surface area contributed by atoms with Gasteiger partial charge in [-0.2, -0.15) is 0 Å². The summed E-state index contributed by atoms with van der Waals surface area (Å²) in [4.78, 5) is 16.4.